The van der Waals surface area contributed by atoms with E-state index in [1.54, 1.807) is 20.2 Å². The number of halogens is 2. The predicted octanol–water partition coefficient (Wildman–Crippen LogP) is 3.79. The number of nitrogens with one attached hydrogen (secondary N) is 2. The largest absolute Gasteiger partial charge is 0.493 e. The molecule has 146 valence electrons. The van der Waals surface area contributed by atoms with Gasteiger partial charge in [0.05, 0.1) is 18.7 Å². The summed E-state index contributed by atoms with van der Waals surface area (Å²) in [7, 11) is 3.28. The van der Waals surface area contributed by atoms with Gasteiger partial charge < -0.3 is 20.1 Å². The lowest BCUT2D eigenvalue weighted by Gasteiger charge is -2.15. The average Bonchev–Trinajstić information content (AvgIpc) is 2.66. The Labute approximate surface area is 164 Å². The minimum absolute atomic E-state index is 0.226. The molecule has 0 bridgehead atoms. The summed E-state index contributed by atoms with van der Waals surface area (Å²) in [5.74, 6) is 1.56. The van der Waals surface area contributed by atoms with E-state index in [0.29, 0.717) is 48.6 Å². The second kappa shape index (κ2) is 10.6. The molecule has 0 saturated carbocycles. The minimum Gasteiger partial charge on any atom is -0.493 e. The van der Waals surface area contributed by atoms with Crippen molar-refractivity contribution < 1.29 is 13.9 Å². The molecule has 2 aromatic rings. The van der Waals surface area contributed by atoms with E-state index in [-0.39, 0.29) is 5.82 Å². The van der Waals surface area contributed by atoms with E-state index >= 15 is 0 Å². The fraction of sp³-hybridized carbons (Fsp3) is 0.350. The van der Waals surface area contributed by atoms with Crippen LogP contribution in [0.5, 0.6) is 11.5 Å². The van der Waals surface area contributed by atoms with Crippen molar-refractivity contribution in [3.05, 3.63) is 58.4 Å². The van der Waals surface area contributed by atoms with Crippen LogP contribution in [-0.4, -0.2) is 33.3 Å². The Balaban J connectivity index is 1.91. The Hall–Kier alpha value is -2.47. The molecule has 0 amide bonds. The maximum Gasteiger partial charge on any atom is 0.191 e. The van der Waals surface area contributed by atoms with Crippen LogP contribution >= 0.6 is 11.6 Å². The predicted molar refractivity (Wildman–Crippen MR) is 107 cm³/mol. The third kappa shape index (κ3) is 6.32. The van der Waals surface area contributed by atoms with E-state index in [9.17, 15) is 4.39 Å². The number of benzene rings is 2. The highest BCUT2D eigenvalue weighted by atomic mass is 35.5. The molecule has 2 N–H and O–H groups in total. The van der Waals surface area contributed by atoms with Crippen molar-refractivity contribution in [3.8, 4) is 11.5 Å². The van der Waals surface area contributed by atoms with Crippen molar-refractivity contribution in [2.24, 2.45) is 4.99 Å². The molecule has 0 aliphatic rings. The highest BCUT2D eigenvalue weighted by Gasteiger charge is 2.12. The molecule has 0 atom stereocenters. The highest BCUT2D eigenvalue weighted by Crippen LogP contribution is 2.36. The second-order valence-corrected chi connectivity index (χ2v) is 6.18. The lowest BCUT2D eigenvalue weighted by molar-refractivity contribution is 0.311. The van der Waals surface area contributed by atoms with E-state index < -0.39 is 0 Å². The van der Waals surface area contributed by atoms with E-state index in [1.165, 1.54) is 12.1 Å². The summed E-state index contributed by atoms with van der Waals surface area (Å²) >= 11 is 6.30. The molecular formula is C20H25ClFN3O2. The summed E-state index contributed by atoms with van der Waals surface area (Å²) in [4.78, 5) is 4.20. The SMILES string of the molecule is CCOc1c(Cl)cc(CNC(=NC)NCCc2cccc(F)c2)cc1OC. The maximum absolute atomic E-state index is 13.2. The molecule has 27 heavy (non-hydrogen) atoms. The molecule has 0 radical (unpaired) electrons. The fourth-order valence-electron chi connectivity index (χ4n) is 2.58. The highest BCUT2D eigenvalue weighted by molar-refractivity contribution is 6.32. The second-order valence-electron chi connectivity index (χ2n) is 5.77. The van der Waals surface area contributed by atoms with Gasteiger partial charge in [-0.05, 0) is 48.7 Å². The molecule has 0 saturated heterocycles. The number of aliphatic imine (C=N–C) groups is 1. The van der Waals surface area contributed by atoms with Crippen LogP contribution in [0.2, 0.25) is 5.02 Å². The maximum atomic E-state index is 13.2. The molecule has 2 aromatic carbocycles. The number of rotatable bonds is 8. The van der Waals surface area contributed by atoms with Crippen molar-refractivity contribution in [1.29, 1.82) is 0 Å². The van der Waals surface area contributed by atoms with Crippen molar-refractivity contribution in [2.45, 2.75) is 19.9 Å². The number of hydrogen-bond acceptors (Lipinski definition) is 3. The van der Waals surface area contributed by atoms with E-state index in [2.05, 4.69) is 15.6 Å². The third-order valence-corrected chi connectivity index (χ3v) is 4.14. The van der Waals surface area contributed by atoms with Crippen LogP contribution in [0.3, 0.4) is 0 Å². The summed E-state index contributed by atoms with van der Waals surface area (Å²) in [5.41, 5.74) is 1.87. The number of ether oxygens (including phenoxy) is 2. The first kappa shape index (κ1) is 20.8. The van der Waals surface area contributed by atoms with Gasteiger partial charge in [-0.3, -0.25) is 4.99 Å². The number of nitrogens with zero attached hydrogens (tertiary/aromatic N) is 1. The topological polar surface area (TPSA) is 54.9 Å². The Morgan fingerprint density at radius 1 is 1.19 bits per heavy atom. The van der Waals surface area contributed by atoms with Crippen LogP contribution in [0.1, 0.15) is 18.1 Å². The van der Waals surface area contributed by atoms with Gasteiger partial charge in [0, 0.05) is 20.1 Å². The molecule has 0 fully saturated rings. The minimum atomic E-state index is -0.226. The quantitative estimate of drug-likeness (QED) is 0.529. The van der Waals surface area contributed by atoms with Gasteiger partial charge in [-0.15, -0.1) is 0 Å². The third-order valence-electron chi connectivity index (χ3n) is 3.86. The lowest BCUT2D eigenvalue weighted by atomic mass is 10.1. The van der Waals surface area contributed by atoms with Crippen LogP contribution in [0.4, 0.5) is 4.39 Å². The first-order valence-electron chi connectivity index (χ1n) is 8.75. The van der Waals surface area contributed by atoms with Crippen molar-refractivity contribution >= 4 is 17.6 Å². The Kier molecular flexibility index (Phi) is 8.20. The van der Waals surface area contributed by atoms with Gasteiger partial charge in [-0.25, -0.2) is 4.39 Å². The molecule has 0 unspecified atom stereocenters. The van der Waals surface area contributed by atoms with Crippen molar-refractivity contribution in [2.75, 3.05) is 27.3 Å². The van der Waals surface area contributed by atoms with Gasteiger partial charge in [0.2, 0.25) is 0 Å². The smallest absolute Gasteiger partial charge is 0.191 e. The molecule has 0 spiro atoms. The van der Waals surface area contributed by atoms with Crippen molar-refractivity contribution in [3.63, 3.8) is 0 Å². The first-order valence-corrected chi connectivity index (χ1v) is 9.13. The first-order chi connectivity index (χ1) is 13.1. The van der Waals surface area contributed by atoms with Crippen LogP contribution in [0.25, 0.3) is 0 Å². The van der Waals surface area contributed by atoms with E-state index in [0.717, 1.165) is 11.1 Å². The van der Waals surface area contributed by atoms with Crippen LogP contribution < -0.4 is 20.1 Å². The molecular weight excluding hydrogens is 369 g/mol. The molecule has 7 heteroatoms. The summed E-state index contributed by atoms with van der Waals surface area (Å²) < 4.78 is 24.1. The van der Waals surface area contributed by atoms with E-state index in [1.807, 2.05) is 25.1 Å². The summed E-state index contributed by atoms with van der Waals surface area (Å²) in [6.07, 6.45) is 0.696. The Morgan fingerprint density at radius 2 is 2.00 bits per heavy atom. The normalized spacial score (nSPS) is 11.2. The number of guanidine groups is 1. The standard InChI is InChI=1S/C20H25ClFN3O2/c1-4-27-19-17(21)11-15(12-18(19)26-3)13-25-20(23-2)24-9-8-14-6-5-7-16(22)10-14/h5-7,10-12H,4,8-9,13H2,1-3H3,(H2,23,24,25). The van der Waals surface area contributed by atoms with Crippen LogP contribution in [0.15, 0.2) is 41.4 Å². The van der Waals surface area contributed by atoms with Gasteiger partial charge >= 0.3 is 0 Å². The molecule has 0 aliphatic carbocycles. The summed E-state index contributed by atoms with van der Waals surface area (Å²) in [6.45, 7) is 3.55. The zero-order valence-corrected chi connectivity index (χ0v) is 16.6. The Morgan fingerprint density at radius 3 is 2.67 bits per heavy atom. The Bertz CT molecular complexity index is 784. The average molecular weight is 394 g/mol. The molecule has 0 heterocycles. The zero-order valence-electron chi connectivity index (χ0n) is 15.8. The number of hydrogen-bond donors (Lipinski definition) is 2. The monoisotopic (exact) mass is 393 g/mol. The van der Waals surface area contributed by atoms with Gasteiger partial charge in [0.1, 0.15) is 5.82 Å². The number of methoxy groups -OCH3 is 1. The van der Waals surface area contributed by atoms with Crippen molar-refractivity contribution in [1.82, 2.24) is 10.6 Å². The molecule has 0 aliphatic heterocycles. The van der Waals surface area contributed by atoms with Gasteiger partial charge in [0.15, 0.2) is 17.5 Å². The molecule has 0 aromatic heterocycles. The van der Waals surface area contributed by atoms with Gasteiger partial charge in [0.25, 0.3) is 0 Å². The van der Waals surface area contributed by atoms with E-state index in [4.69, 9.17) is 21.1 Å². The molecule has 2 rings (SSSR count). The summed E-state index contributed by atoms with van der Waals surface area (Å²) in [5, 5.41) is 6.94. The van der Waals surface area contributed by atoms with Gasteiger partial charge in [-0.1, -0.05) is 23.7 Å². The summed E-state index contributed by atoms with van der Waals surface area (Å²) in [6, 6.07) is 10.3. The van der Waals surface area contributed by atoms with Gasteiger partial charge in [-0.2, -0.15) is 0 Å². The fourth-order valence-corrected chi connectivity index (χ4v) is 2.87. The zero-order chi connectivity index (χ0) is 19.6. The van der Waals surface area contributed by atoms with Crippen LogP contribution in [-0.2, 0) is 13.0 Å². The lowest BCUT2D eigenvalue weighted by Crippen LogP contribution is -2.37. The van der Waals surface area contributed by atoms with Crippen LogP contribution in [0, 0.1) is 5.82 Å². The molecule has 5 nitrogen and oxygen atoms in total.